The second kappa shape index (κ2) is 3.11. The van der Waals surface area contributed by atoms with E-state index >= 15 is 0 Å². The molecule has 1 heterocycles. The lowest BCUT2D eigenvalue weighted by Crippen LogP contribution is -1.98. The zero-order valence-corrected chi connectivity index (χ0v) is 7.17. The number of aliphatic hydroxyl groups excluding tert-OH is 1. The van der Waals surface area contributed by atoms with Crippen molar-refractivity contribution in [3.8, 4) is 5.75 Å². The van der Waals surface area contributed by atoms with Gasteiger partial charge in [0.1, 0.15) is 18.1 Å². The average molecular weight is 180 g/mol. The fourth-order valence-corrected chi connectivity index (χ4v) is 1.72. The molecule has 0 aliphatic carbocycles. The summed E-state index contributed by atoms with van der Waals surface area (Å²) in [6.45, 7) is 0.268. The molecule has 0 saturated carbocycles. The van der Waals surface area contributed by atoms with E-state index in [0.29, 0.717) is 0 Å². The first kappa shape index (κ1) is 7.55. The maximum absolute atomic E-state index is 9.18. The van der Waals surface area contributed by atoms with Gasteiger partial charge in [-0.05, 0) is 12.1 Å². The lowest BCUT2D eigenvalue weighted by Gasteiger charge is -2.04. The second-order valence-electron chi connectivity index (χ2n) is 2.46. The monoisotopic (exact) mass is 180 g/mol. The van der Waals surface area contributed by atoms with Crippen molar-refractivity contribution >= 4 is 11.8 Å². The third-order valence-corrected chi connectivity index (χ3v) is 2.53. The van der Waals surface area contributed by atoms with Crippen molar-refractivity contribution in [2.45, 2.75) is 4.90 Å². The van der Waals surface area contributed by atoms with Gasteiger partial charge in [-0.15, -0.1) is 0 Å². The molecule has 0 amide bonds. The number of thioether (sulfide) groups is 1. The normalized spacial score (nSPS) is 15.5. The molecule has 0 atom stereocenters. The van der Waals surface area contributed by atoms with E-state index in [1.165, 1.54) is 11.8 Å². The molecule has 1 aliphatic rings. The van der Waals surface area contributed by atoms with Crippen molar-refractivity contribution in [3.63, 3.8) is 0 Å². The molecule has 2 nitrogen and oxygen atoms in total. The molecule has 1 N–H and O–H groups in total. The topological polar surface area (TPSA) is 29.5 Å². The lowest BCUT2D eigenvalue weighted by molar-refractivity contribution is 0.269. The minimum absolute atomic E-state index is 0.268. The van der Waals surface area contributed by atoms with Crippen LogP contribution in [0.25, 0.3) is 0 Å². The van der Waals surface area contributed by atoms with E-state index in [-0.39, 0.29) is 12.4 Å². The number of fused-ring (bicyclic) bond motifs is 1. The molecule has 12 heavy (non-hydrogen) atoms. The van der Waals surface area contributed by atoms with Crippen LogP contribution < -0.4 is 4.74 Å². The third kappa shape index (κ3) is 1.41. The van der Waals surface area contributed by atoms with E-state index in [1.54, 1.807) is 5.41 Å². The Morgan fingerprint density at radius 3 is 3.08 bits per heavy atom. The number of hydrogen-bond donors (Lipinski definition) is 1. The third-order valence-electron chi connectivity index (χ3n) is 1.55. The first-order chi connectivity index (χ1) is 5.86. The van der Waals surface area contributed by atoms with Gasteiger partial charge in [0.15, 0.2) is 0 Å². The molecule has 1 aliphatic heterocycles. The molecule has 0 unspecified atom stereocenters. The molecule has 0 aromatic heterocycles. The molecule has 3 heteroatoms. The number of hydrogen-bond acceptors (Lipinski definition) is 3. The Labute approximate surface area is 74.9 Å². The molecule has 2 rings (SSSR count). The maximum Gasteiger partial charge on any atom is 0.146 e. The highest BCUT2D eigenvalue weighted by Gasteiger charge is 2.07. The summed E-state index contributed by atoms with van der Waals surface area (Å²) in [5.41, 5.74) is 0. The van der Waals surface area contributed by atoms with E-state index in [9.17, 15) is 5.11 Å². The van der Waals surface area contributed by atoms with Crippen LogP contribution in [0, 0.1) is 0 Å². The Hall–Kier alpha value is -1.09. The quantitative estimate of drug-likeness (QED) is 0.665. The van der Waals surface area contributed by atoms with Crippen LogP contribution in [0.4, 0.5) is 0 Å². The molecule has 0 radical (unpaired) electrons. The van der Waals surface area contributed by atoms with Gasteiger partial charge in [-0.25, -0.2) is 0 Å². The van der Waals surface area contributed by atoms with Crippen LogP contribution in [-0.2, 0) is 0 Å². The maximum atomic E-state index is 9.18. The van der Waals surface area contributed by atoms with Gasteiger partial charge in [0.05, 0.1) is 4.90 Å². The molecule has 0 fully saturated rings. The Bertz CT molecular complexity index is 320. The number of ether oxygens (including phenoxy) is 1. The van der Waals surface area contributed by atoms with Crippen LogP contribution in [0.5, 0.6) is 5.75 Å². The van der Waals surface area contributed by atoms with Gasteiger partial charge in [-0.3, -0.25) is 0 Å². The zero-order valence-electron chi connectivity index (χ0n) is 6.36. The summed E-state index contributed by atoms with van der Waals surface area (Å²) in [6.07, 6.45) is 0. The summed E-state index contributed by atoms with van der Waals surface area (Å²) < 4.78 is 5.32. The Kier molecular flexibility index (Phi) is 1.96. The number of rotatable bonds is 0. The first-order valence-corrected chi connectivity index (χ1v) is 4.51. The van der Waals surface area contributed by atoms with E-state index in [0.717, 1.165) is 10.6 Å². The number of para-hydroxylation sites is 1. The van der Waals surface area contributed by atoms with E-state index < -0.39 is 0 Å². The van der Waals surface area contributed by atoms with Crippen molar-refractivity contribution in [1.29, 1.82) is 0 Å². The zero-order chi connectivity index (χ0) is 8.39. The predicted octanol–water partition coefficient (Wildman–Crippen LogP) is 2.57. The molecule has 0 saturated heterocycles. The second-order valence-corrected chi connectivity index (χ2v) is 3.37. The molecule has 1 aromatic rings. The summed E-state index contributed by atoms with van der Waals surface area (Å²) in [5.74, 6) is 1.11. The van der Waals surface area contributed by atoms with Gasteiger partial charge in [-0.2, -0.15) is 0 Å². The summed E-state index contributed by atoms with van der Waals surface area (Å²) in [6, 6.07) is 7.73. The van der Waals surface area contributed by atoms with Crippen LogP contribution in [-0.4, -0.2) is 11.7 Å². The number of aliphatic hydroxyl groups is 1. The summed E-state index contributed by atoms with van der Waals surface area (Å²) in [4.78, 5) is 1.04. The summed E-state index contributed by atoms with van der Waals surface area (Å²) in [7, 11) is 0. The molecular weight excluding hydrogens is 172 g/mol. The lowest BCUT2D eigenvalue weighted by atomic mass is 10.3. The Morgan fingerprint density at radius 1 is 1.33 bits per heavy atom. The van der Waals surface area contributed by atoms with Gasteiger partial charge in [0.25, 0.3) is 0 Å². The Balaban J connectivity index is 2.35. The van der Waals surface area contributed by atoms with Crippen molar-refractivity contribution in [2.24, 2.45) is 0 Å². The van der Waals surface area contributed by atoms with E-state index in [1.807, 2.05) is 24.3 Å². The molecule has 0 spiro atoms. The fourth-order valence-electron chi connectivity index (χ4n) is 0.984. The van der Waals surface area contributed by atoms with Crippen molar-refractivity contribution in [3.05, 3.63) is 35.4 Å². The fraction of sp³-hybridized carbons (Fsp3) is 0.111. The van der Waals surface area contributed by atoms with Crippen LogP contribution >= 0.6 is 11.8 Å². The van der Waals surface area contributed by atoms with Crippen LogP contribution in [0.1, 0.15) is 0 Å². The predicted molar refractivity (Wildman–Crippen MR) is 48.5 cm³/mol. The molecule has 0 bridgehead atoms. The highest BCUT2D eigenvalue weighted by atomic mass is 32.2. The minimum atomic E-state index is 0.268. The van der Waals surface area contributed by atoms with Crippen LogP contribution in [0.15, 0.2) is 40.3 Å². The van der Waals surface area contributed by atoms with Gasteiger partial charge < -0.3 is 9.84 Å². The highest BCUT2D eigenvalue weighted by Crippen LogP contribution is 2.32. The minimum Gasteiger partial charge on any atom is -0.508 e. The highest BCUT2D eigenvalue weighted by molar-refractivity contribution is 8.02. The number of benzene rings is 1. The van der Waals surface area contributed by atoms with Crippen molar-refractivity contribution in [1.82, 2.24) is 0 Å². The molecule has 1 aromatic carbocycles. The van der Waals surface area contributed by atoms with Crippen molar-refractivity contribution < 1.29 is 9.84 Å². The van der Waals surface area contributed by atoms with E-state index in [4.69, 9.17) is 4.74 Å². The van der Waals surface area contributed by atoms with Gasteiger partial charge in [-0.1, -0.05) is 23.9 Å². The standard InChI is InChI=1S/C9H8O2S/c10-7-5-11-8-3-1-2-4-9(8)12-6-7/h1-4,6,10H,5H2. The van der Waals surface area contributed by atoms with Crippen LogP contribution in [0.3, 0.4) is 0 Å². The summed E-state index contributed by atoms with van der Waals surface area (Å²) >= 11 is 1.48. The smallest absolute Gasteiger partial charge is 0.146 e. The van der Waals surface area contributed by atoms with Gasteiger partial charge in [0, 0.05) is 5.41 Å². The largest absolute Gasteiger partial charge is 0.508 e. The Morgan fingerprint density at radius 2 is 2.17 bits per heavy atom. The van der Waals surface area contributed by atoms with E-state index in [2.05, 4.69) is 0 Å². The molecular formula is C9H8O2S. The average Bonchev–Trinajstić information content (AvgIpc) is 2.29. The van der Waals surface area contributed by atoms with Crippen LogP contribution in [0.2, 0.25) is 0 Å². The van der Waals surface area contributed by atoms with Gasteiger partial charge in [0.2, 0.25) is 0 Å². The summed E-state index contributed by atoms with van der Waals surface area (Å²) in [5, 5.41) is 10.9. The molecule has 62 valence electrons. The van der Waals surface area contributed by atoms with Crippen molar-refractivity contribution in [2.75, 3.05) is 6.61 Å². The van der Waals surface area contributed by atoms with Gasteiger partial charge >= 0.3 is 0 Å². The SMILES string of the molecule is OC1=CSc2ccccc2OC1. The first-order valence-electron chi connectivity index (χ1n) is 3.63.